The Morgan fingerprint density at radius 1 is 1.10 bits per heavy atom. The summed E-state index contributed by atoms with van der Waals surface area (Å²) in [5.74, 6) is 0.549. The number of hydrogen-bond acceptors (Lipinski definition) is 11. The molecule has 1 saturated carbocycles. The Bertz CT molecular complexity index is 1370. The van der Waals surface area contributed by atoms with Crippen LogP contribution in [0.5, 0.6) is 5.75 Å². The van der Waals surface area contributed by atoms with Gasteiger partial charge in [0.25, 0.3) is 0 Å². The third-order valence-electron chi connectivity index (χ3n) is 6.71. The number of aromatic nitrogens is 3. The van der Waals surface area contributed by atoms with Gasteiger partial charge >= 0.3 is 12.1 Å². The lowest BCUT2D eigenvalue weighted by Gasteiger charge is -2.24. The van der Waals surface area contributed by atoms with Gasteiger partial charge in [-0.1, -0.05) is 0 Å². The van der Waals surface area contributed by atoms with Crippen molar-refractivity contribution >= 4 is 40.5 Å². The van der Waals surface area contributed by atoms with Gasteiger partial charge in [-0.05, 0) is 88.8 Å². The molecule has 4 rings (SSSR count). The molecule has 1 aromatic carbocycles. The summed E-state index contributed by atoms with van der Waals surface area (Å²) in [4.78, 5) is 37.7. The number of nitrogens with one attached hydrogen (secondary N) is 2. The van der Waals surface area contributed by atoms with Gasteiger partial charge in [-0.15, -0.1) is 0 Å². The number of amides is 1. The van der Waals surface area contributed by atoms with Crippen molar-refractivity contribution < 1.29 is 23.8 Å². The number of nitrogens with zero attached hydrogens (tertiary/aromatic N) is 3. The van der Waals surface area contributed by atoms with Gasteiger partial charge in [0.2, 0.25) is 5.95 Å². The lowest BCUT2D eigenvalue weighted by molar-refractivity contribution is -0.151. The first-order valence-corrected chi connectivity index (χ1v) is 13.8. The molecule has 12 heteroatoms. The molecule has 0 aliphatic heterocycles. The molecule has 12 nitrogen and oxygen atoms in total. The molecule has 2 aromatic heterocycles. The highest BCUT2D eigenvalue weighted by molar-refractivity contribution is 5.90. The van der Waals surface area contributed by atoms with Crippen molar-refractivity contribution in [1.29, 1.82) is 0 Å². The molecule has 1 atom stereocenters. The number of fused-ring (bicyclic) bond motifs is 1. The Labute approximate surface area is 239 Å². The molecule has 6 N–H and O–H groups in total. The molecule has 0 spiro atoms. The number of esters is 1. The van der Waals surface area contributed by atoms with Crippen LogP contribution in [0.4, 0.5) is 22.2 Å². The molecule has 1 unspecified atom stereocenters. The molecule has 1 amide bonds. The monoisotopic (exact) mass is 565 g/mol. The van der Waals surface area contributed by atoms with Gasteiger partial charge in [0.15, 0.2) is 5.65 Å². The van der Waals surface area contributed by atoms with E-state index in [1.807, 2.05) is 31.2 Å². The Morgan fingerprint density at radius 2 is 1.80 bits per heavy atom. The number of aryl methyl sites for hydroxylation is 1. The number of hydrogen-bond donors (Lipinski definition) is 4. The number of pyridine rings is 1. The van der Waals surface area contributed by atoms with Gasteiger partial charge in [0.05, 0.1) is 12.0 Å². The first-order valence-electron chi connectivity index (χ1n) is 13.8. The Balaban J connectivity index is 1.31. The van der Waals surface area contributed by atoms with Crippen molar-refractivity contribution in [3.8, 4) is 5.75 Å². The zero-order chi connectivity index (χ0) is 29.6. The van der Waals surface area contributed by atoms with Crippen molar-refractivity contribution in [3.63, 3.8) is 0 Å². The number of nitrogens with two attached hydrogens (primary N) is 2. The van der Waals surface area contributed by atoms with Crippen LogP contribution in [-0.4, -0.2) is 51.4 Å². The van der Waals surface area contributed by atoms with Crippen molar-refractivity contribution in [2.45, 2.75) is 84.1 Å². The van der Waals surface area contributed by atoms with E-state index in [4.69, 9.17) is 25.7 Å². The van der Waals surface area contributed by atoms with Gasteiger partial charge in [-0.3, -0.25) is 0 Å². The predicted molar refractivity (Wildman–Crippen MR) is 156 cm³/mol. The second-order valence-corrected chi connectivity index (χ2v) is 11.1. The summed E-state index contributed by atoms with van der Waals surface area (Å²) in [6.45, 7) is 7.95. The second kappa shape index (κ2) is 12.9. The summed E-state index contributed by atoms with van der Waals surface area (Å²) in [5, 5.41) is 6.70. The largest absolute Gasteiger partial charge is 0.493 e. The topological polar surface area (TPSA) is 177 Å². The Hall–Kier alpha value is -4.35. The molecular formula is C29H39N7O5. The summed E-state index contributed by atoms with van der Waals surface area (Å²) in [5.41, 5.74) is 14.3. The minimum Gasteiger partial charge on any atom is -0.493 e. The zero-order valence-electron chi connectivity index (χ0n) is 24.0. The van der Waals surface area contributed by atoms with E-state index < -0.39 is 23.7 Å². The third-order valence-corrected chi connectivity index (χ3v) is 6.71. The summed E-state index contributed by atoms with van der Waals surface area (Å²) >= 11 is 0. The molecular weight excluding hydrogens is 526 g/mol. The van der Waals surface area contributed by atoms with E-state index in [2.05, 4.69) is 25.6 Å². The molecule has 1 aliphatic rings. The molecule has 1 fully saturated rings. The quantitative estimate of drug-likeness (QED) is 0.258. The van der Waals surface area contributed by atoms with Gasteiger partial charge < -0.3 is 36.3 Å². The summed E-state index contributed by atoms with van der Waals surface area (Å²) < 4.78 is 16.8. The maximum absolute atomic E-state index is 12.8. The van der Waals surface area contributed by atoms with Gasteiger partial charge in [0, 0.05) is 24.8 Å². The highest BCUT2D eigenvalue weighted by atomic mass is 16.6. The van der Waals surface area contributed by atoms with Crippen LogP contribution in [0.1, 0.15) is 64.0 Å². The van der Waals surface area contributed by atoms with E-state index in [0.29, 0.717) is 29.1 Å². The number of carbonyl (C=O) groups is 2. The van der Waals surface area contributed by atoms with Crippen molar-refractivity contribution in [1.82, 2.24) is 20.3 Å². The smallest absolute Gasteiger partial charge is 0.408 e. The van der Waals surface area contributed by atoms with Crippen LogP contribution < -0.4 is 26.8 Å². The third kappa shape index (κ3) is 8.32. The number of carbonyl (C=O) groups excluding carboxylic acids is 2. The van der Waals surface area contributed by atoms with Crippen molar-refractivity contribution in [2.75, 3.05) is 23.4 Å². The van der Waals surface area contributed by atoms with E-state index >= 15 is 0 Å². The Kier molecular flexibility index (Phi) is 9.31. The Morgan fingerprint density at radius 3 is 2.49 bits per heavy atom. The van der Waals surface area contributed by atoms with Crippen LogP contribution in [0, 0.1) is 6.92 Å². The van der Waals surface area contributed by atoms with E-state index in [1.54, 1.807) is 27.0 Å². The maximum Gasteiger partial charge on any atom is 0.408 e. The van der Waals surface area contributed by atoms with Crippen LogP contribution in [0.15, 0.2) is 30.5 Å². The van der Waals surface area contributed by atoms with Crippen molar-refractivity contribution in [2.24, 2.45) is 0 Å². The number of ether oxygens (including phenoxy) is 3. The molecule has 0 saturated heterocycles. The number of nitrogen functional groups attached to an aromatic ring is 2. The SMILES string of the molecule is Cc1c(CNc2ccc(OCCC(NC(=O)OC(C)(C)C)C(=O)OC3CCCC3)cc2)cnc2nc(N)nc(N)c12. The minimum atomic E-state index is -0.874. The number of rotatable bonds is 10. The minimum absolute atomic E-state index is 0.0916. The lowest BCUT2D eigenvalue weighted by atomic mass is 10.1. The average molecular weight is 566 g/mol. The van der Waals surface area contributed by atoms with Gasteiger partial charge in [0.1, 0.15) is 29.3 Å². The van der Waals surface area contributed by atoms with Crippen LogP contribution in [0.3, 0.4) is 0 Å². The molecule has 220 valence electrons. The summed E-state index contributed by atoms with van der Waals surface area (Å²) in [6, 6.07) is 6.57. The van der Waals surface area contributed by atoms with Crippen molar-refractivity contribution in [3.05, 3.63) is 41.6 Å². The predicted octanol–water partition coefficient (Wildman–Crippen LogP) is 4.26. The molecule has 0 radical (unpaired) electrons. The van der Waals surface area contributed by atoms with E-state index in [9.17, 15) is 9.59 Å². The molecule has 41 heavy (non-hydrogen) atoms. The average Bonchev–Trinajstić information content (AvgIpc) is 3.40. The van der Waals surface area contributed by atoms with E-state index in [0.717, 1.165) is 42.5 Å². The highest BCUT2D eigenvalue weighted by Crippen LogP contribution is 2.25. The molecule has 0 bridgehead atoms. The maximum atomic E-state index is 12.8. The fourth-order valence-corrected chi connectivity index (χ4v) is 4.62. The summed E-state index contributed by atoms with van der Waals surface area (Å²) in [7, 11) is 0. The van der Waals surface area contributed by atoms with Crippen LogP contribution in [-0.2, 0) is 20.8 Å². The van der Waals surface area contributed by atoms with E-state index in [-0.39, 0.29) is 25.1 Å². The highest BCUT2D eigenvalue weighted by Gasteiger charge is 2.28. The number of anilines is 3. The van der Waals surface area contributed by atoms with Gasteiger partial charge in [-0.2, -0.15) is 9.97 Å². The summed E-state index contributed by atoms with van der Waals surface area (Å²) in [6.07, 6.45) is 4.96. The number of benzene rings is 1. The second-order valence-electron chi connectivity index (χ2n) is 11.1. The van der Waals surface area contributed by atoms with Crippen LogP contribution in [0.25, 0.3) is 11.0 Å². The first-order chi connectivity index (χ1) is 19.5. The lowest BCUT2D eigenvalue weighted by Crippen LogP contribution is -2.45. The molecule has 1 aliphatic carbocycles. The van der Waals surface area contributed by atoms with Crippen LogP contribution in [0.2, 0.25) is 0 Å². The van der Waals surface area contributed by atoms with Gasteiger partial charge in [-0.25, -0.2) is 14.6 Å². The fourth-order valence-electron chi connectivity index (χ4n) is 4.62. The van der Waals surface area contributed by atoms with E-state index in [1.165, 1.54) is 0 Å². The standard InChI is InChI=1S/C29H39N7O5/c1-17-18(16-33-25-23(17)24(30)35-27(31)36-25)15-32-19-9-11-20(12-10-19)39-14-13-22(34-28(38)41-29(2,3)4)26(37)40-21-7-5-6-8-21/h9-12,16,21-22,32H,5-8,13-15H2,1-4H3,(H,34,38)(H4,30,31,33,35,36). The fraction of sp³-hybridized carbons (Fsp3) is 0.483. The zero-order valence-corrected chi connectivity index (χ0v) is 24.0. The van der Waals surface area contributed by atoms with Crippen LogP contribution >= 0.6 is 0 Å². The number of alkyl carbamates (subject to hydrolysis) is 1. The first kappa shape index (κ1) is 29.6. The molecule has 2 heterocycles. The normalized spacial score (nSPS) is 14.4. The molecule has 3 aromatic rings.